The summed E-state index contributed by atoms with van der Waals surface area (Å²) in [5.74, 6) is -1.13. The van der Waals surface area contributed by atoms with E-state index in [2.05, 4.69) is 11.4 Å². The first-order valence-electron chi connectivity index (χ1n) is 10.1. The van der Waals surface area contributed by atoms with Gasteiger partial charge in [-0.3, -0.25) is 14.4 Å². The summed E-state index contributed by atoms with van der Waals surface area (Å²) in [6.45, 7) is 3.91. The molecule has 5 rings (SSSR count). The highest BCUT2D eigenvalue weighted by Gasteiger charge is 2.61. The van der Waals surface area contributed by atoms with Crippen molar-refractivity contribution in [3.63, 3.8) is 0 Å². The first kappa shape index (κ1) is 19.1. The molecule has 3 aliphatic rings. The Hall–Kier alpha value is -2.92. The Morgan fingerprint density at radius 3 is 2.60 bits per heavy atom. The number of anilines is 2. The summed E-state index contributed by atoms with van der Waals surface area (Å²) in [7, 11) is 0. The van der Waals surface area contributed by atoms with Gasteiger partial charge in [-0.15, -0.1) is 0 Å². The number of hydrogen-bond acceptors (Lipinski definition) is 3. The van der Waals surface area contributed by atoms with E-state index < -0.39 is 0 Å². The maximum atomic E-state index is 13.3. The lowest BCUT2D eigenvalue weighted by molar-refractivity contribution is -0.123. The maximum Gasteiger partial charge on any atom is 0.257 e. The van der Waals surface area contributed by atoms with Crippen LogP contribution in [0.1, 0.15) is 29.3 Å². The standard InChI is InChI=1S/C24H21ClN2O3/c1-12-7-8-15(25)11-18(12)26-22(28)16-5-3-4-6-19(16)27-23(29)20-14-9-13(2)17(10-14)21(20)24(27)30/h3-9,11,14,17,20-21H,10H2,1-2H3,(H,26,28)/t14-,17+,20-,21+/m0/s1. The number of carbonyl (C=O) groups is 3. The first-order chi connectivity index (χ1) is 14.4. The molecule has 2 aromatic rings. The Morgan fingerprint density at radius 2 is 1.80 bits per heavy atom. The minimum atomic E-state index is -0.383. The number of imide groups is 1. The third kappa shape index (κ3) is 2.72. The summed E-state index contributed by atoms with van der Waals surface area (Å²) in [6.07, 6.45) is 3.02. The quantitative estimate of drug-likeness (QED) is 0.582. The van der Waals surface area contributed by atoms with Crippen LogP contribution in [0, 0.1) is 30.6 Å². The lowest BCUT2D eigenvalue weighted by Crippen LogP contribution is -2.34. The van der Waals surface area contributed by atoms with Crippen molar-refractivity contribution in [2.45, 2.75) is 20.3 Å². The molecule has 0 radical (unpaired) electrons. The summed E-state index contributed by atoms with van der Waals surface area (Å²) < 4.78 is 0. The van der Waals surface area contributed by atoms with Gasteiger partial charge in [0.1, 0.15) is 0 Å². The first-order valence-corrected chi connectivity index (χ1v) is 10.5. The molecule has 5 nitrogen and oxygen atoms in total. The van der Waals surface area contributed by atoms with Crippen LogP contribution in [0.3, 0.4) is 0 Å². The largest absolute Gasteiger partial charge is 0.322 e. The molecular weight excluding hydrogens is 400 g/mol. The van der Waals surface area contributed by atoms with E-state index in [9.17, 15) is 14.4 Å². The Balaban J connectivity index is 1.49. The van der Waals surface area contributed by atoms with Gasteiger partial charge in [-0.2, -0.15) is 0 Å². The number of halogens is 1. The van der Waals surface area contributed by atoms with Crippen molar-refractivity contribution in [1.29, 1.82) is 0 Å². The Kier molecular flexibility index (Phi) is 4.33. The van der Waals surface area contributed by atoms with E-state index in [0.717, 1.165) is 12.0 Å². The second kappa shape index (κ2) is 6.81. The maximum absolute atomic E-state index is 13.3. The van der Waals surface area contributed by atoms with Crippen molar-refractivity contribution < 1.29 is 14.4 Å². The fraction of sp³-hybridized carbons (Fsp3) is 0.292. The van der Waals surface area contributed by atoms with E-state index in [4.69, 9.17) is 11.6 Å². The molecule has 4 atom stereocenters. The van der Waals surface area contributed by atoms with Crippen LogP contribution in [-0.4, -0.2) is 17.7 Å². The molecule has 1 heterocycles. The van der Waals surface area contributed by atoms with Crippen LogP contribution >= 0.6 is 11.6 Å². The van der Waals surface area contributed by atoms with Crippen molar-refractivity contribution in [2.24, 2.45) is 23.7 Å². The number of amides is 3. The molecule has 2 bridgehead atoms. The second-order valence-corrected chi connectivity index (χ2v) is 8.85. The van der Waals surface area contributed by atoms with Crippen molar-refractivity contribution >= 4 is 40.7 Å². The van der Waals surface area contributed by atoms with Gasteiger partial charge >= 0.3 is 0 Å². The molecule has 1 saturated carbocycles. The highest BCUT2D eigenvalue weighted by atomic mass is 35.5. The van der Waals surface area contributed by atoms with E-state index in [1.807, 2.05) is 19.9 Å². The molecule has 2 aliphatic carbocycles. The number of fused-ring (bicyclic) bond motifs is 5. The van der Waals surface area contributed by atoms with Gasteiger partial charge in [0.05, 0.1) is 23.1 Å². The molecule has 3 amide bonds. The van der Waals surface area contributed by atoms with Crippen molar-refractivity contribution in [3.8, 4) is 0 Å². The van der Waals surface area contributed by atoms with E-state index in [-0.39, 0.29) is 47.0 Å². The number of carbonyl (C=O) groups excluding carboxylic acids is 3. The van der Waals surface area contributed by atoms with Gasteiger partial charge in [-0.25, -0.2) is 4.90 Å². The second-order valence-electron chi connectivity index (χ2n) is 8.41. The lowest BCUT2D eigenvalue weighted by atomic mass is 9.82. The van der Waals surface area contributed by atoms with Crippen LogP contribution in [0.5, 0.6) is 0 Å². The van der Waals surface area contributed by atoms with Gasteiger partial charge in [0.25, 0.3) is 5.91 Å². The number of nitrogens with one attached hydrogen (secondary N) is 1. The topological polar surface area (TPSA) is 66.5 Å². The third-order valence-corrected chi connectivity index (χ3v) is 6.95. The van der Waals surface area contributed by atoms with Crippen molar-refractivity contribution in [1.82, 2.24) is 0 Å². The molecule has 1 N–H and O–H groups in total. The third-order valence-electron chi connectivity index (χ3n) is 6.72. The molecule has 1 saturated heterocycles. The molecule has 2 aromatic carbocycles. The molecule has 1 aliphatic heterocycles. The number of para-hydroxylation sites is 1. The zero-order valence-electron chi connectivity index (χ0n) is 16.7. The summed E-state index contributed by atoms with van der Waals surface area (Å²) in [5.41, 5.74) is 3.29. The van der Waals surface area contributed by atoms with Gasteiger partial charge in [0.15, 0.2) is 0 Å². The van der Waals surface area contributed by atoms with Gasteiger partial charge in [0.2, 0.25) is 11.8 Å². The summed E-state index contributed by atoms with van der Waals surface area (Å²) in [4.78, 5) is 40.9. The van der Waals surface area contributed by atoms with Gasteiger partial charge in [-0.1, -0.05) is 41.4 Å². The molecule has 0 aromatic heterocycles. The summed E-state index contributed by atoms with van der Waals surface area (Å²) in [5, 5.41) is 3.38. The van der Waals surface area contributed by atoms with Crippen LogP contribution in [0.25, 0.3) is 0 Å². The fourth-order valence-corrected chi connectivity index (χ4v) is 5.46. The predicted octanol–water partition coefficient (Wildman–Crippen LogP) is 4.60. The fourth-order valence-electron chi connectivity index (χ4n) is 5.29. The number of benzene rings is 2. The normalized spacial score (nSPS) is 26.8. The average Bonchev–Trinajstić information content (AvgIpc) is 3.35. The van der Waals surface area contributed by atoms with Gasteiger partial charge in [0, 0.05) is 10.7 Å². The minimum absolute atomic E-state index is 0.122. The molecule has 2 fully saturated rings. The van der Waals surface area contributed by atoms with E-state index in [1.54, 1.807) is 36.4 Å². The monoisotopic (exact) mass is 420 g/mol. The predicted molar refractivity (Wildman–Crippen MR) is 115 cm³/mol. The lowest BCUT2D eigenvalue weighted by Gasteiger charge is -2.21. The number of allylic oxidation sites excluding steroid dienone is 2. The van der Waals surface area contributed by atoms with E-state index in [1.165, 1.54) is 10.5 Å². The summed E-state index contributed by atoms with van der Waals surface area (Å²) >= 11 is 6.07. The Morgan fingerprint density at radius 1 is 1.07 bits per heavy atom. The van der Waals surface area contributed by atoms with Crippen molar-refractivity contribution in [2.75, 3.05) is 10.2 Å². The smallest absolute Gasteiger partial charge is 0.257 e. The zero-order chi connectivity index (χ0) is 21.2. The molecule has 30 heavy (non-hydrogen) atoms. The van der Waals surface area contributed by atoms with Crippen LogP contribution in [0.4, 0.5) is 11.4 Å². The number of rotatable bonds is 3. The molecule has 0 unspecified atom stereocenters. The van der Waals surface area contributed by atoms with Crippen LogP contribution in [0.15, 0.2) is 54.1 Å². The number of nitrogens with zero attached hydrogens (tertiary/aromatic N) is 1. The SMILES string of the molecule is CC1=C[C@H]2C[C@H]1[C@H]1C(=O)N(c3ccccc3C(=O)Nc3cc(Cl)ccc3C)C(=O)[C@H]12. The molecular formula is C24H21ClN2O3. The Labute approximate surface area is 179 Å². The highest BCUT2D eigenvalue weighted by molar-refractivity contribution is 6.31. The van der Waals surface area contributed by atoms with Gasteiger partial charge < -0.3 is 5.32 Å². The number of hydrogen-bond donors (Lipinski definition) is 1. The van der Waals surface area contributed by atoms with E-state index >= 15 is 0 Å². The van der Waals surface area contributed by atoms with Gasteiger partial charge in [-0.05, 0) is 61.9 Å². The molecule has 152 valence electrons. The van der Waals surface area contributed by atoms with Crippen LogP contribution in [0.2, 0.25) is 5.02 Å². The van der Waals surface area contributed by atoms with E-state index in [0.29, 0.717) is 16.4 Å². The Bertz CT molecular complexity index is 1140. The minimum Gasteiger partial charge on any atom is -0.322 e. The average molecular weight is 421 g/mol. The molecule has 0 spiro atoms. The molecule has 6 heteroatoms. The highest BCUT2D eigenvalue weighted by Crippen LogP contribution is 2.56. The zero-order valence-corrected chi connectivity index (χ0v) is 17.4. The van der Waals surface area contributed by atoms with Crippen molar-refractivity contribution in [3.05, 3.63) is 70.3 Å². The summed E-state index contributed by atoms with van der Waals surface area (Å²) in [6, 6.07) is 12.0. The number of aryl methyl sites for hydroxylation is 1. The van der Waals surface area contributed by atoms with Crippen LogP contribution < -0.4 is 10.2 Å². The van der Waals surface area contributed by atoms with Crippen LogP contribution in [-0.2, 0) is 9.59 Å².